The summed E-state index contributed by atoms with van der Waals surface area (Å²) in [5.74, 6) is 0. The van der Waals surface area contributed by atoms with Crippen LogP contribution in [0.1, 0.15) is 0 Å². The van der Waals surface area contributed by atoms with Crippen molar-refractivity contribution >= 4 is 78.4 Å². The Morgan fingerprint density at radius 2 is 0.535 bits per heavy atom. The van der Waals surface area contributed by atoms with Gasteiger partial charge in [-0.25, -0.2) is 0 Å². The molecule has 0 aliphatic rings. The molecule has 0 fully saturated rings. The SMILES string of the molecule is C[Si](C)(C)O[Si](O[Si](C)(C)C)(O[Si](C)(C)O[Si](C)(C)O[Si](O[Si](C)(C)C)(O[Si](C)(C)C)c1ccccc1)c1ccccc1. The topological polar surface area (TPSA) is 64.6 Å². The Balaban J connectivity index is 2.61. The van der Waals surface area contributed by atoms with Crippen LogP contribution in [0.4, 0.5) is 0 Å². The maximum atomic E-state index is 7.21. The molecular weight excluding hydrogens is 673 g/mol. The van der Waals surface area contributed by atoms with Crippen LogP contribution in [0.25, 0.3) is 0 Å². The second kappa shape index (κ2) is 13.9. The van der Waals surface area contributed by atoms with Crippen LogP contribution in [0.2, 0.25) is 105 Å². The zero-order valence-electron chi connectivity index (χ0n) is 29.6. The Morgan fingerprint density at radius 3 is 0.744 bits per heavy atom. The van der Waals surface area contributed by atoms with E-state index in [1.54, 1.807) is 0 Å². The van der Waals surface area contributed by atoms with Gasteiger partial charge in [-0.05, 0) is 105 Å². The van der Waals surface area contributed by atoms with Gasteiger partial charge in [-0.2, -0.15) is 0 Å². The minimum Gasteiger partial charge on any atom is -0.416 e. The van der Waals surface area contributed by atoms with Crippen LogP contribution in [0, 0.1) is 0 Å². The van der Waals surface area contributed by atoms with E-state index >= 15 is 0 Å². The van der Waals surface area contributed by atoms with Crippen LogP contribution in [-0.2, 0) is 28.8 Å². The van der Waals surface area contributed by atoms with Gasteiger partial charge in [0.05, 0.1) is 0 Å². The van der Waals surface area contributed by atoms with E-state index in [2.05, 4.69) is 129 Å². The molecule has 0 unspecified atom stereocenters. The van der Waals surface area contributed by atoms with E-state index in [4.69, 9.17) is 28.8 Å². The molecule has 0 spiro atoms. The molecule has 2 aromatic rings. The lowest BCUT2D eigenvalue weighted by Crippen LogP contribution is -2.71. The second-order valence-electron chi connectivity index (χ2n) is 15.8. The lowest BCUT2D eigenvalue weighted by molar-refractivity contribution is 0.215. The molecule has 0 saturated carbocycles. The van der Waals surface area contributed by atoms with Gasteiger partial charge in [-0.1, -0.05) is 60.7 Å². The van der Waals surface area contributed by atoms with Crippen LogP contribution < -0.4 is 10.4 Å². The summed E-state index contributed by atoms with van der Waals surface area (Å²) in [5.41, 5.74) is 0. The fourth-order valence-corrected chi connectivity index (χ4v) is 35.8. The lowest BCUT2D eigenvalue weighted by Gasteiger charge is -2.46. The molecule has 43 heavy (non-hydrogen) atoms. The van der Waals surface area contributed by atoms with E-state index in [0.29, 0.717) is 0 Å². The van der Waals surface area contributed by atoms with E-state index in [0.717, 1.165) is 10.4 Å². The third-order valence-corrected chi connectivity index (χ3v) is 31.5. The van der Waals surface area contributed by atoms with Gasteiger partial charge < -0.3 is 28.8 Å². The molecule has 0 radical (unpaired) electrons. The predicted molar refractivity (Wildman–Crippen MR) is 200 cm³/mol. The van der Waals surface area contributed by atoms with Crippen molar-refractivity contribution in [3.8, 4) is 0 Å². The molecule has 0 heterocycles. The Morgan fingerprint density at radius 1 is 0.302 bits per heavy atom. The lowest BCUT2D eigenvalue weighted by atomic mass is 10.4. The molecule has 244 valence electrons. The van der Waals surface area contributed by atoms with Crippen molar-refractivity contribution < 1.29 is 28.8 Å². The monoisotopic (exact) mass is 730 g/mol. The predicted octanol–water partition coefficient (Wildman–Crippen LogP) is 7.54. The summed E-state index contributed by atoms with van der Waals surface area (Å²) in [7, 11) is -21.1. The summed E-state index contributed by atoms with van der Waals surface area (Å²) in [6, 6.07) is 20.4. The van der Waals surface area contributed by atoms with Crippen LogP contribution in [0.3, 0.4) is 0 Å². The standard InChI is InChI=1S/C28H58O7Si8/c1-36(2,3)29-42(30-37(4,5)6,27-23-19-17-20-24-27)34-40(13,14)33-41(15,16)35-43(31-38(7,8)9,32-39(10,11)12)28-25-21-18-22-26-28/h17-26H,1-16H3. The van der Waals surface area contributed by atoms with Gasteiger partial charge in [0.1, 0.15) is 0 Å². The van der Waals surface area contributed by atoms with Gasteiger partial charge >= 0.3 is 34.7 Å². The number of rotatable bonds is 16. The van der Waals surface area contributed by atoms with Crippen molar-refractivity contribution in [3.63, 3.8) is 0 Å². The van der Waals surface area contributed by atoms with Crippen LogP contribution in [0.15, 0.2) is 60.7 Å². The third-order valence-electron chi connectivity index (χ3n) is 5.27. The quantitative estimate of drug-likeness (QED) is 0.166. The van der Waals surface area contributed by atoms with E-state index in [1.807, 2.05) is 36.4 Å². The zero-order valence-corrected chi connectivity index (χ0v) is 37.6. The molecule has 0 aromatic heterocycles. The molecule has 0 saturated heterocycles. The highest BCUT2D eigenvalue weighted by Gasteiger charge is 2.58. The van der Waals surface area contributed by atoms with Gasteiger partial charge in [0.25, 0.3) is 0 Å². The Labute approximate surface area is 271 Å². The molecule has 2 aromatic carbocycles. The zero-order chi connectivity index (χ0) is 33.2. The minimum absolute atomic E-state index is 0.974. The summed E-state index contributed by atoms with van der Waals surface area (Å²) in [4.78, 5) is 0. The molecule has 0 atom stereocenters. The molecule has 15 heteroatoms. The average molecular weight is 731 g/mol. The first-order chi connectivity index (χ1) is 19.2. The van der Waals surface area contributed by atoms with Crippen LogP contribution >= 0.6 is 0 Å². The van der Waals surface area contributed by atoms with Gasteiger partial charge in [0.2, 0.25) is 0 Å². The highest BCUT2D eigenvalue weighted by molar-refractivity contribution is 6.98. The normalized spacial score (nSPS) is 14.7. The van der Waals surface area contributed by atoms with Crippen LogP contribution in [-0.4, -0.2) is 68.0 Å². The molecule has 0 bridgehead atoms. The van der Waals surface area contributed by atoms with E-state index < -0.39 is 68.0 Å². The van der Waals surface area contributed by atoms with Crippen molar-refractivity contribution in [2.75, 3.05) is 0 Å². The summed E-state index contributed by atoms with van der Waals surface area (Å²) < 4.78 is 49.5. The molecule has 0 N–H and O–H groups in total. The summed E-state index contributed by atoms with van der Waals surface area (Å²) in [6.07, 6.45) is 0. The van der Waals surface area contributed by atoms with Crippen molar-refractivity contribution in [1.29, 1.82) is 0 Å². The summed E-state index contributed by atoms with van der Waals surface area (Å²) in [5, 5.41) is 1.95. The van der Waals surface area contributed by atoms with Crippen LogP contribution in [0.5, 0.6) is 0 Å². The third kappa shape index (κ3) is 13.6. The average Bonchev–Trinajstić information content (AvgIpc) is 2.74. The number of hydrogen-bond donors (Lipinski definition) is 0. The molecule has 0 aliphatic carbocycles. The molecule has 0 amide bonds. The minimum atomic E-state index is -3.39. The van der Waals surface area contributed by atoms with Crippen molar-refractivity contribution in [1.82, 2.24) is 0 Å². The van der Waals surface area contributed by atoms with Crippen molar-refractivity contribution in [2.45, 2.75) is 105 Å². The highest BCUT2D eigenvalue weighted by atomic mass is 28.5. The first kappa shape index (κ1) is 39.1. The van der Waals surface area contributed by atoms with Gasteiger partial charge in [0, 0.05) is 10.4 Å². The highest BCUT2D eigenvalue weighted by Crippen LogP contribution is 2.31. The fourth-order valence-electron chi connectivity index (χ4n) is 4.66. The van der Waals surface area contributed by atoms with Gasteiger partial charge in [0.15, 0.2) is 33.3 Å². The first-order valence-corrected chi connectivity index (χ1v) is 37.9. The van der Waals surface area contributed by atoms with E-state index in [1.165, 1.54) is 0 Å². The molecule has 2 rings (SSSR count). The molecular formula is C28H58O7Si8. The Bertz CT molecular complexity index is 1030. The number of benzene rings is 2. The Kier molecular flexibility index (Phi) is 12.7. The number of hydrogen-bond acceptors (Lipinski definition) is 7. The first-order valence-electron chi connectivity index (χ1n) is 15.2. The van der Waals surface area contributed by atoms with E-state index in [9.17, 15) is 0 Å². The maximum absolute atomic E-state index is 7.21. The summed E-state index contributed by atoms with van der Waals surface area (Å²) >= 11 is 0. The smallest absolute Gasteiger partial charge is 0.416 e. The van der Waals surface area contributed by atoms with Gasteiger partial charge in [-0.15, -0.1) is 0 Å². The largest absolute Gasteiger partial charge is 0.507 e. The van der Waals surface area contributed by atoms with Gasteiger partial charge in [-0.3, -0.25) is 0 Å². The van der Waals surface area contributed by atoms with Crippen molar-refractivity contribution in [3.05, 3.63) is 60.7 Å². The maximum Gasteiger partial charge on any atom is 0.507 e. The molecule has 7 nitrogen and oxygen atoms in total. The summed E-state index contributed by atoms with van der Waals surface area (Å²) in [6.45, 7) is 34.6. The van der Waals surface area contributed by atoms with E-state index in [-0.39, 0.29) is 0 Å². The second-order valence-corrected chi connectivity index (χ2v) is 47.4. The molecule has 0 aliphatic heterocycles. The van der Waals surface area contributed by atoms with Crippen molar-refractivity contribution in [2.24, 2.45) is 0 Å². The Hall–Kier alpha value is -0.105. The fraction of sp³-hybridized carbons (Fsp3) is 0.571.